The van der Waals surface area contributed by atoms with Crippen molar-refractivity contribution in [3.63, 3.8) is 0 Å². The van der Waals surface area contributed by atoms with Crippen LogP contribution < -0.4 is 10.2 Å². The fraction of sp³-hybridized carbons (Fsp3) is 0.538. The summed E-state index contributed by atoms with van der Waals surface area (Å²) in [7, 11) is 0. The molecular weight excluding hydrogens is 291 g/mol. The second kappa shape index (κ2) is 6.33. The van der Waals surface area contributed by atoms with Crippen molar-refractivity contribution in [3.05, 3.63) is 27.2 Å². The molecule has 5 heteroatoms. The smallest absolute Gasteiger partial charge is 0.0655 e. The van der Waals surface area contributed by atoms with Crippen molar-refractivity contribution in [2.45, 2.75) is 25.8 Å². The number of nitrogens with zero attached hydrogens (tertiary/aromatic N) is 1. The standard InChI is InChI=1S/C13H17Cl3N2/c1-2-4-17-9-3-5-18(8-9)13-7-11(15)10(14)6-12(13)16/h6-7,9,17H,2-5,8H2,1H3. The first-order valence-electron chi connectivity index (χ1n) is 6.24. The van der Waals surface area contributed by atoms with Gasteiger partial charge in [-0.15, -0.1) is 0 Å². The second-order valence-corrected chi connectivity index (χ2v) is 5.83. The van der Waals surface area contributed by atoms with Crippen LogP contribution >= 0.6 is 34.8 Å². The zero-order chi connectivity index (χ0) is 13.1. The van der Waals surface area contributed by atoms with E-state index < -0.39 is 0 Å². The van der Waals surface area contributed by atoms with Crippen LogP contribution in [0.2, 0.25) is 15.1 Å². The molecule has 1 atom stereocenters. The van der Waals surface area contributed by atoms with Crippen LogP contribution in [0.1, 0.15) is 19.8 Å². The van der Waals surface area contributed by atoms with Crippen LogP contribution in [0, 0.1) is 0 Å². The van der Waals surface area contributed by atoms with Crippen LogP contribution in [-0.2, 0) is 0 Å². The first-order valence-corrected chi connectivity index (χ1v) is 7.38. The Bertz CT molecular complexity index is 423. The van der Waals surface area contributed by atoms with Crippen LogP contribution in [0.5, 0.6) is 0 Å². The van der Waals surface area contributed by atoms with E-state index in [4.69, 9.17) is 34.8 Å². The normalized spacial score (nSPS) is 19.6. The number of hydrogen-bond acceptors (Lipinski definition) is 2. The van der Waals surface area contributed by atoms with Crippen molar-refractivity contribution in [2.24, 2.45) is 0 Å². The molecule has 1 unspecified atom stereocenters. The first kappa shape index (κ1) is 14.3. The largest absolute Gasteiger partial charge is 0.369 e. The second-order valence-electron chi connectivity index (χ2n) is 4.60. The summed E-state index contributed by atoms with van der Waals surface area (Å²) < 4.78 is 0. The molecule has 1 fully saturated rings. The topological polar surface area (TPSA) is 15.3 Å². The molecule has 18 heavy (non-hydrogen) atoms. The molecule has 1 saturated heterocycles. The molecule has 1 aliphatic rings. The molecule has 0 spiro atoms. The number of hydrogen-bond donors (Lipinski definition) is 1. The van der Waals surface area contributed by atoms with E-state index in [2.05, 4.69) is 17.1 Å². The van der Waals surface area contributed by atoms with E-state index in [9.17, 15) is 0 Å². The summed E-state index contributed by atoms with van der Waals surface area (Å²) in [6.45, 7) is 5.21. The third-order valence-electron chi connectivity index (χ3n) is 3.20. The lowest BCUT2D eigenvalue weighted by Gasteiger charge is -2.21. The summed E-state index contributed by atoms with van der Waals surface area (Å²) in [6.07, 6.45) is 2.29. The molecule has 0 amide bonds. The Hall–Kier alpha value is -0.150. The first-order chi connectivity index (χ1) is 8.61. The quantitative estimate of drug-likeness (QED) is 0.838. The maximum absolute atomic E-state index is 6.23. The molecule has 100 valence electrons. The molecule has 0 radical (unpaired) electrons. The summed E-state index contributed by atoms with van der Waals surface area (Å²) in [5.41, 5.74) is 0.979. The molecule has 0 aromatic heterocycles. The predicted octanol–water partition coefficient (Wildman–Crippen LogP) is 4.23. The highest BCUT2D eigenvalue weighted by Crippen LogP contribution is 2.35. The van der Waals surface area contributed by atoms with Gasteiger partial charge in [-0.1, -0.05) is 41.7 Å². The lowest BCUT2D eigenvalue weighted by molar-refractivity contribution is 0.549. The number of anilines is 1. The molecule has 1 aromatic carbocycles. The Morgan fingerprint density at radius 3 is 2.67 bits per heavy atom. The van der Waals surface area contributed by atoms with Gasteiger partial charge in [0.25, 0.3) is 0 Å². The van der Waals surface area contributed by atoms with Gasteiger partial charge >= 0.3 is 0 Å². The zero-order valence-electron chi connectivity index (χ0n) is 10.3. The average molecular weight is 308 g/mol. The molecule has 0 bridgehead atoms. The summed E-state index contributed by atoms with van der Waals surface area (Å²) in [5.74, 6) is 0. The van der Waals surface area contributed by atoms with Gasteiger partial charge in [0, 0.05) is 19.1 Å². The molecule has 2 nitrogen and oxygen atoms in total. The van der Waals surface area contributed by atoms with Crippen molar-refractivity contribution < 1.29 is 0 Å². The van der Waals surface area contributed by atoms with Gasteiger partial charge in [0.2, 0.25) is 0 Å². The number of benzene rings is 1. The lowest BCUT2D eigenvalue weighted by Crippen LogP contribution is -2.33. The Kier molecular flexibility index (Phi) is 5.02. The summed E-state index contributed by atoms with van der Waals surface area (Å²) in [6, 6.07) is 4.11. The fourth-order valence-electron chi connectivity index (χ4n) is 2.25. The predicted molar refractivity (Wildman–Crippen MR) is 80.4 cm³/mol. The van der Waals surface area contributed by atoms with Crippen molar-refractivity contribution in [1.82, 2.24) is 5.32 Å². The van der Waals surface area contributed by atoms with E-state index in [-0.39, 0.29) is 0 Å². The van der Waals surface area contributed by atoms with Gasteiger partial charge in [-0.3, -0.25) is 0 Å². The number of nitrogens with one attached hydrogen (secondary N) is 1. The minimum Gasteiger partial charge on any atom is -0.369 e. The Balaban J connectivity index is 2.07. The third-order valence-corrected chi connectivity index (χ3v) is 4.23. The van der Waals surface area contributed by atoms with E-state index in [1.807, 2.05) is 6.07 Å². The van der Waals surface area contributed by atoms with Gasteiger partial charge in [-0.25, -0.2) is 0 Å². The van der Waals surface area contributed by atoms with E-state index in [1.165, 1.54) is 0 Å². The van der Waals surface area contributed by atoms with Crippen LogP contribution in [0.4, 0.5) is 5.69 Å². The molecule has 0 aliphatic carbocycles. The van der Waals surface area contributed by atoms with Crippen molar-refractivity contribution in [1.29, 1.82) is 0 Å². The van der Waals surface area contributed by atoms with Gasteiger partial charge in [-0.2, -0.15) is 0 Å². The molecule has 1 heterocycles. The average Bonchev–Trinajstić information content (AvgIpc) is 2.79. The minimum atomic E-state index is 0.505. The van der Waals surface area contributed by atoms with Gasteiger partial charge < -0.3 is 10.2 Å². The van der Waals surface area contributed by atoms with Crippen molar-refractivity contribution in [2.75, 3.05) is 24.5 Å². The van der Waals surface area contributed by atoms with E-state index >= 15 is 0 Å². The van der Waals surface area contributed by atoms with Gasteiger partial charge in [0.05, 0.1) is 20.8 Å². The van der Waals surface area contributed by atoms with Gasteiger partial charge in [0.1, 0.15) is 0 Å². The highest BCUT2D eigenvalue weighted by atomic mass is 35.5. The summed E-state index contributed by atoms with van der Waals surface area (Å²) in [5, 5.41) is 5.26. The molecule has 1 aliphatic heterocycles. The van der Waals surface area contributed by atoms with Crippen molar-refractivity contribution >= 4 is 40.5 Å². The van der Waals surface area contributed by atoms with Crippen LogP contribution in [-0.4, -0.2) is 25.7 Å². The minimum absolute atomic E-state index is 0.505. The number of rotatable bonds is 4. The molecule has 1 N–H and O–H groups in total. The highest BCUT2D eigenvalue weighted by molar-refractivity contribution is 6.44. The Morgan fingerprint density at radius 2 is 1.94 bits per heavy atom. The monoisotopic (exact) mass is 306 g/mol. The molecule has 1 aromatic rings. The zero-order valence-corrected chi connectivity index (χ0v) is 12.6. The molecule has 2 rings (SSSR count). The van der Waals surface area contributed by atoms with Crippen LogP contribution in [0.15, 0.2) is 12.1 Å². The maximum atomic E-state index is 6.23. The Morgan fingerprint density at radius 1 is 1.22 bits per heavy atom. The summed E-state index contributed by atoms with van der Waals surface area (Å²) in [4.78, 5) is 2.26. The van der Waals surface area contributed by atoms with E-state index in [0.29, 0.717) is 21.1 Å². The van der Waals surface area contributed by atoms with Crippen LogP contribution in [0.3, 0.4) is 0 Å². The Labute approximate surface area is 123 Å². The molecule has 0 saturated carbocycles. The van der Waals surface area contributed by atoms with Crippen molar-refractivity contribution in [3.8, 4) is 0 Å². The van der Waals surface area contributed by atoms with Gasteiger partial charge in [-0.05, 0) is 31.5 Å². The maximum Gasteiger partial charge on any atom is 0.0655 e. The van der Waals surface area contributed by atoms with E-state index in [1.54, 1.807) is 6.07 Å². The SMILES string of the molecule is CCCNC1CCN(c2cc(Cl)c(Cl)cc2Cl)C1. The van der Waals surface area contributed by atoms with Gasteiger partial charge in [0.15, 0.2) is 0 Å². The van der Waals surface area contributed by atoms with E-state index in [0.717, 1.165) is 38.2 Å². The lowest BCUT2D eigenvalue weighted by atomic mass is 10.2. The number of halogens is 3. The summed E-state index contributed by atoms with van der Waals surface area (Å²) >= 11 is 18.2. The third kappa shape index (κ3) is 3.24. The molecular formula is C13H17Cl3N2. The fourth-order valence-corrected chi connectivity index (χ4v) is 2.91. The van der Waals surface area contributed by atoms with Crippen LogP contribution in [0.25, 0.3) is 0 Å². The highest BCUT2D eigenvalue weighted by Gasteiger charge is 2.24.